The van der Waals surface area contributed by atoms with Gasteiger partial charge in [-0.2, -0.15) is 0 Å². The van der Waals surface area contributed by atoms with E-state index in [0.717, 1.165) is 0 Å². The van der Waals surface area contributed by atoms with Crippen LogP contribution in [0, 0.1) is 0 Å². The minimum atomic E-state index is -5.29. The summed E-state index contributed by atoms with van der Waals surface area (Å²) in [6.45, 7) is 0. The Morgan fingerprint density at radius 3 is 0.462 bits per heavy atom. The van der Waals surface area contributed by atoms with Gasteiger partial charge in [0.2, 0.25) is 0 Å². The first-order chi connectivity index (χ1) is 2.45. The zero-order valence-electron chi connectivity index (χ0n) is 7.58. The normalized spacial score (nSPS) is 12.5. The van der Waals surface area contributed by atoms with Crippen LogP contribution in [0.4, 0.5) is 0 Å². The van der Waals surface area contributed by atoms with Gasteiger partial charge >= 0.3 is 66.7 Å². The molecular formula is H14Cl6O6Pt-2. The predicted octanol–water partition coefficient (Wildman–Crippen LogP) is -0.589. The molecule has 0 unspecified atom stereocenters. The molecule has 12 N–H and O–H groups in total. The zero-order chi connectivity index (χ0) is 6.41. The fraction of sp³-hybridized carbons (Fsp3) is 0. The summed E-state index contributed by atoms with van der Waals surface area (Å²) in [7, 11) is 25.0. The van der Waals surface area contributed by atoms with Gasteiger partial charge in [0, 0.05) is 0 Å². The summed E-state index contributed by atoms with van der Waals surface area (Å²) < 4.78 is 0. The van der Waals surface area contributed by atoms with Crippen molar-refractivity contribution in [3.8, 4) is 0 Å². The first-order valence-electron chi connectivity index (χ1n) is 0.717. The van der Waals surface area contributed by atoms with E-state index in [1.807, 2.05) is 0 Å². The Morgan fingerprint density at radius 2 is 0.462 bits per heavy atom. The van der Waals surface area contributed by atoms with E-state index < -0.39 is 7.31 Å². The third kappa shape index (κ3) is 440. The fourth-order valence-electron chi connectivity index (χ4n) is 0. The molecule has 6 nitrogen and oxygen atoms in total. The largest absolute Gasteiger partial charge is 1.00 e. The van der Waals surface area contributed by atoms with Crippen LogP contribution < -0.4 is 0 Å². The predicted molar refractivity (Wildman–Crippen MR) is 59.0 cm³/mol. The summed E-state index contributed by atoms with van der Waals surface area (Å²) in [5, 5.41) is 0. The summed E-state index contributed by atoms with van der Waals surface area (Å²) in [5.41, 5.74) is 0. The van der Waals surface area contributed by atoms with Crippen molar-refractivity contribution in [3.05, 3.63) is 0 Å². The van der Waals surface area contributed by atoms with Gasteiger partial charge in [0.1, 0.15) is 0 Å². The number of rotatable bonds is 0. The van der Waals surface area contributed by atoms with E-state index in [4.69, 9.17) is 56.5 Å². The molecule has 0 atom stereocenters. The van der Waals surface area contributed by atoms with Crippen molar-refractivity contribution >= 4 is 56.5 Å². The van der Waals surface area contributed by atoms with Gasteiger partial charge in [-0.25, -0.2) is 0 Å². The molecule has 0 aliphatic rings. The first kappa shape index (κ1) is 45.6. The van der Waals surface area contributed by atoms with E-state index in [-0.39, 0.29) is 35.7 Å². The molecule has 0 amide bonds. The van der Waals surface area contributed by atoms with E-state index in [0.29, 0.717) is 0 Å². The summed E-state index contributed by atoms with van der Waals surface area (Å²) in [6, 6.07) is 0. The SMILES string of the molecule is O.O.O.O.O.O.[Cl][Pt-4]([Cl])([Cl])([Cl])([Cl])[Cl].[H+].[H+]. The fourth-order valence-corrected chi connectivity index (χ4v) is 0. The van der Waals surface area contributed by atoms with Gasteiger partial charge in [0.25, 0.3) is 0 Å². The van der Waals surface area contributed by atoms with Crippen LogP contribution in [0.1, 0.15) is 2.85 Å². The van der Waals surface area contributed by atoms with Crippen LogP contribution in [-0.2, 0) is 7.31 Å². The molecule has 104 valence electrons. The number of hydrogen-bond acceptors (Lipinski definition) is 0. The second-order valence-electron chi connectivity index (χ2n) is 0.678. The molecule has 0 bridgehead atoms. The van der Waals surface area contributed by atoms with E-state index in [1.54, 1.807) is 0 Å². The van der Waals surface area contributed by atoms with Crippen LogP contribution in [0.5, 0.6) is 0 Å². The first-order valence-corrected chi connectivity index (χ1v) is 17.6. The Morgan fingerprint density at radius 1 is 0.462 bits per heavy atom. The summed E-state index contributed by atoms with van der Waals surface area (Å²) >= 11 is 0. The minimum Gasteiger partial charge on any atom is 1.00 e. The molecule has 0 heterocycles. The average Bonchev–Trinajstić information content (AvgIpc) is 0.592. The molecular weight excluding hydrogens is 504 g/mol. The van der Waals surface area contributed by atoms with Crippen molar-refractivity contribution in [3.63, 3.8) is 0 Å². The average molecular weight is 518 g/mol. The van der Waals surface area contributed by atoms with Crippen LogP contribution in [0.15, 0.2) is 0 Å². The quantitative estimate of drug-likeness (QED) is 0.397. The van der Waals surface area contributed by atoms with Crippen molar-refractivity contribution in [2.45, 2.75) is 0 Å². The van der Waals surface area contributed by atoms with Crippen LogP contribution in [0.2, 0.25) is 0 Å². The van der Waals surface area contributed by atoms with Crippen LogP contribution in [0.3, 0.4) is 0 Å². The van der Waals surface area contributed by atoms with Gasteiger partial charge in [-0.3, -0.25) is 0 Å². The maximum Gasteiger partial charge on any atom is 1.00 e. The maximum atomic E-state index is 5.05. The Bertz CT molecular complexity index is 84.2. The second kappa shape index (κ2) is 8.35. The summed E-state index contributed by atoms with van der Waals surface area (Å²) in [5.74, 6) is 0. The molecule has 0 spiro atoms. The molecule has 0 aliphatic heterocycles. The van der Waals surface area contributed by atoms with Gasteiger partial charge in [-0.05, 0) is 0 Å². The second-order valence-corrected chi connectivity index (χ2v) is 49.9. The van der Waals surface area contributed by atoms with Crippen LogP contribution in [-0.4, -0.2) is 32.9 Å². The van der Waals surface area contributed by atoms with Crippen molar-refractivity contribution in [2.75, 3.05) is 0 Å². The Kier molecular flexibility index (Phi) is 29.3. The number of hydrogen-bond donors (Lipinski definition) is 0. The van der Waals surface area contributed by atoms with Crippen molar-refractivity contribution in [1.29, 1.82) is 0 Å². The Labute approximate surface area is 98.8 Å². The van der Waals surface area contributed by atoms with E-state index >= 15 is 0 Å². The number of halogens is 6. The summed E-state index contributed by atoms with van der Waals surface area (Å²) in [4.78, 5) is 0. The van der Waals surface area contributed by atoms with Crippen molar-refractivity contribution in [1.82, 2.24) is 0 Å². The third-order valence-corrected chi connectivity index (χ3v) is 0. The topological polar surface area (TPSA) is 189 Å². The summed E-state index contributed by atoms with van der Waals surface area (Å²) in [6.07, 6.45) is 0. The van der Waals surface area contributed by atoms with Gasteiger partial charge < -0.3 is 32.9 Å². The molecule has 0 saturated heterocycles. The Hall–Kier alpha value is 2.19. The molecule has 0 aliphatic carbocycles. The standard InChI is InChI=1S/6ClH.6H2O.Pt/h6*1H;6*1H2;/q;;;;;;;;;;;;+2/p-4. The molecule has 0 aromatic rings. The van der Waals surface area contributed by atoms with Crippen molar-refractivity contribution in [2.24, 2.45) is 0 Å². The van der Waals surface area contributed by atoms with Crippen LogP contribution >= 0.6 is 56.5 Å². The minimum absolute atomic E-state index is 0. The van der Waals surface area contributed by atoms with E-state index in [2.05, 4.69) is 0 Å². The molecule has 13 heteroatoms. The molecule has 0 saturated carbocycles. The molecule has 0 radical (unpaired) electrons. The van der Waals surface area contributed by atoms with Crippen molar-refractivity contribution < 1.29 is 43.0 Å². The van der Waals surface area contributed by atoms with E-state index in [9.17, 15) is 0 Å². The Balaban J connectivity index is -0.00000000643. The zero-order valence-corrected chi connectivity index (χ0v) is 12.4. The smallest absolute Gasteiger partial charge is 1.00 e. The van der Waals surface area contributed by atoms with E-state index in [1.165, 1.54) is 0 Å². The van der Waals surface area contributed by atoms with Gasteiger partial charge in [-0.15, -0.1) is 0 Å². The van der Waals surface area contributed by atoms with Crippen LogP contribution in [0.25, 0.3) is 0 Å². The van der Waals surface area contributed by atoms with Gasteiger partial charge in [-0.1, -0.05) is 0 Å². The third-order valence-electron chi connectivity index (χ3n) is 0. The molecule has 0 aromatic heterocycles. The monoisotopic (exact) mass is 515 g/mol. The van der Waals surface area contributed by atoms with Gasteiger partial charge in [0.15, 0.2) is 0 Å². The molecule has 0 fully saturated rings. The molecule has 0 aromatic carbocycles. The van der Waals surface area contributed by atoms with Gasteiger partial charge in [0.05, 0.1) is 0 Å². The molecule has 13 heavy (non-hydrogen) atoms. The molecule has 0 rings (SSSR count). The maximum absolute atomic E-state index is 5.29.